The highest BCUT2D eigenvalue weighted by molar-refractivity contribution is 7.89. The maximum absolute atomic E-state index is 12.0. The first-order valence-corrected chi connectivity index (χ1v) is 7.08. The molecule has 0 bridgehead atoms. The Labute approximate surface area is 107 Å². The van der Waals surface area contributed by atoms with E-state index in [-0.39, 0.29) is 10.9 Å². The van der Waals surface area contributed by atoms with E-state index in [4.69, 9.17) is 10.00 Å². The van der Waals surface area contributed by atoms with Crippen molar-refractivity contribution >= 4 is 10.0 Å². The van der Waals surface area contributed by atoms with E-state index in [9.17, 15) is 8.42 Å². The van der Waals surface area contributed by atoms with Gasteiger partial charge < -0.3 is 4.74 Å². The Hall–Kier alpha value is -1.42. The summed E-state index contributed by atoms with van der Waals surface area (Å²) >= 11 is 0. The van der Waals surface area contributed by atoms with Crippen LogP contribution in [0.1, 0.15) is 19.4 Å². The van der Waals surface area contributed by atoms with Gasteiger partial charge in [0.15, 0.2) is 0 Å². The summed E-state index contributed by atoms with van der Waals surface area (Å²) in [7, 11) is -3.60. The van der Waals surface area contributed by atoms with Crippen LogP contribution in [0.25, 0.3) is 0 Å². The number of nitriles is 1. The number of hydrogen-bond acceptors (Lipinski definition) is 4. The predicted molar refractivity (Wildman–Crippen MR) is 67.4 cm³/mol. The molecule has 0 aromatic heterocycles. The summed E-state index contributed by atoms with van der Waals surface area (Å²) < 4.78 is 31.6. The Morgan fingerprint density at radius 3 is 2.83 bits per heavy atom. The maximum atomic E-state index is 12.0. The van der Waals surface area contributed by atoms with Crippen LogP contribution in [0.5, 0.6) is 0 Å². The van der Waals surface area contributed by atoms with Crippen LogP contribution in [0.15, 0.2) is 29.2 Å². The van der Waals surface area contributed by atoms with Gasteiger partial charge in [-0.1, -0.05) is 6.07 Å². The van der Waals surface area contributed by atoms with Crippen LogP contribution in [-0.4, -0.2) is 27.7 Å². The highest BCUT2D eigenvalue weighted by Gasteiger charge is 2.17. The van der Waals surface area contributed by atoms with Gasteiger partial charge in [-0.25, -0.2) is 13.1 Å². The second kappa shape index (κ2) is 6.50. The largest absolute Gasteiger partial charge is 0.380 e. The molecule has 0 aliphatic carbocycles. The fraction of sp³-hybridized carbons (Fsp3) is 0.417. The van der Waals surface area contributed by atoms with E-state index in [1.165, 1.54) is 12.1 Å². The summed E-state index contributed by atoms with van der Waals surface area (Å²) in [5, 5.41) is 8.74. The van der Waals surface area contributed by atoms with Crippen LogP contribution in [0.3, 0.4) is 0 Å². The number of hydrogen-bond donors (Lipinski definition) is 1. The van der Waals surface area contributed by atoms with Crippen LogP contribution < -0.4 is 4.72 Å². The molecule has 1 aromatic carbocycles. The first kappa shape index (κ1) is 14.6. The third kappa shape index (κ3) is 4.11. The quantitative estimate of drug-likeness (QED) is 0.842. The Bertz CT molecular complexity index is 534. The number of benzene rings is 1. The minimum absolute atomic E-state index is 0.0879. The van der Waals surface area contributed by atoms with E-state index >= 15 is 0 Å². The van der Waals surface area contributed by atoms with E-state index in [0.29, 0.717) is 18.8 Å². The van der Waals surface area contributed by atoms with Crippen molar-refractivity contribution in [1.29, 1.82) is 5.26 Å². The molecule has 0 spiro atoms. The minimum atomic E-state index is -3.60. The van der Waals surface area contributed by atoms with Crippen molar-refractivity contribution in [3.05, 3.63) is 29.8 Å². The van der Waals surface area contributed by atoms with Crippen molar-refractivity contribution in [2.45, 2.75) is 24.8 Å². The molecule has 1 atom stereocenters. The van der Waals surface area contributed by atoms with Gasteiger partial charge in [0.1, 0.15) is 0 Å². The zero-order chi connectivity index (χ0) is 13.6. The lowest BCUT2D eigenvalue weighted by atomic mass is 10.2. The Morgan fingerprint density at radius 1 is 1.50 bits per heavy atom. The molecule has 0 amide bonds. The molecule has 0 heterocycles. The number of nitrogens with one attached hydrogen (secondary N) is 1. The molecule has 0 fully saturated rings. The van der Waals surface area contributed by atoms with E-state index in [1.807, 2.05) is 13.0 Å². The van der Waals surface area contributed by atoms with E-state index in [0.717, 1.165) is 0 Å². The van der Waals surface area contributed by atoms with Gasteiger partial charge in [0.2, 0.25) is 10.0 Å². The summed E-state index contributed by atoms with van der Waals surface area (Å²) in [6.45, 7) is 4.42. The van der Waals surface area contributed by atoms with Gasteiger partial charge in [0, 0.05) is 12.6 Å². The molecule has 0 aliphatic heterocycles. The molecular weight excluding hydrogens is 252 g/mol. The highest BCUT2D eigenvalue weighted by atomic mass is 32.2. The summed E-state index contributed by atoms with van der Waals surface area (Å²) in [6, 6.07) is 7.49. The molecule has 1 N–H and O–H groups in total. The monoisotopic (exact) mass is 268 g/mol. The molecule has 0 radical (unpaired) electrons. The number of ether oxygens (including phenoxy) is 1. The summed E-state index contributed by atoms with van der Waals surface area (Å²) in [4.78, 5) is 0.0879. The van der Waals surface area contributed by atoms with E-state index < -0.39 is 10.0 Å². The lowest BCUT2D eigenvalue weighted by Gasteiger charge is -2.14. The Morgan fingerprint density at radius 2 is 2.22 bits per heavy atom. The fourth-order valence-electron chi connectivity index (χ4n) is 1.39. The van der Waals surface area contributed by atoms with Crippen molar-refractivity contribution in [3.8, 4) is 6.07 Å². The van der Waals surface area contributed by atoms with Crippen molar-refractivity contribution in [2.24, 2.45) is 0 Å². The molecule has 0 aliphatic rings. The number of sulfonamides is 1. The summed E-state index contributed by atoms with van der Waals surface area (Å²) in [6.07, 6.45) is 0. The van der Waals surface area contributed by atoms with Gasteiger partial charge in [-0.2, -0.15) is 5.26 Å². The summed E-state index contributed by atoms with van der Waals surface area (Å²) in [5.74, 6) is 0. The highest BCUT2D eigenvalue weighted by Crippen LogP contribution is 2.11. The topological polar surface area (TPSA) is 79.2 Å². The van der Waals surface area contributed by atoms with Gasteiger partial charge in [-0.3, -0.25) is 0 Å². The lowest BCUT2D eigenvalue weighted by molar-refractivity contribution is 0.133. The normalized spacial score (nSPS) is 12.9. The predicted octanol–water partition coefficient (Wildman–Crippen LogP) is 1.26. The van der Waals surface area contributed by atoms with Gasteiger partial charge in [0.05, 0.1) is 23.1 Å². The minimum Gasteiger partial charge on any atom is -0.380 e. The van der Waals surface area contributed by atoms with Crippen molar-refractivity contribution in [3.63, 3.8) is 0 Å². The number of rotatable bonds is 6. The van der Waals surface area contributed by atoms with Crippen LogP contribution in [0.4, 0.5) is 0 Å². The maximum Gasteiger partial charge on any atom is 0.240 e. The van der Waals surface area contributed by atoms with Crippen molar-refractivity contribution < 1.29 is 13.2 Å². The van der Waals surface area contributed by atoms with E-state index in [2.05, 4.69) is 4.72 Å². The average molecular weight is 268 g/mol. The molecule has 0 saturated heterocycles. The standard InChI is InChI=1S/C12H16N2O3S/c1-3-17-9-10(2)14-18(15,16)12-6-4-5-11(7-12)8-13/h4-7,10,14H,3,9H2,1-2H3. The molecule has 1 unspecified atom stereocenters. The van der Waals surface area contributed by atoms with Crippen LogP contribution in [-0.2, 0) is 14.8 Å². The van der Waals surface area contributed by atoms with Crippen LogP contribution in [0.2, 0.25) is 0 Å². The molecule has 5 nitrogen and oxygen atoms in total. The lowest BCUT2D eigenvalue weighted by Crippen LogP contribution is -2.35. The van der Waals surface area contributed by atoms with Crippen molar-refractivity contribution in [2.75, 3.05) is 13.2 Å². The van der Waals surface area contributed by atoms with Gasteiger partial charge in [-0.05, 0) is 32.0 Å². The van der Waals surface area contributed by atoms with Gasteiger partial charge >= 0.3 is 0 Å². The SMILES string of the molecule is CCOCC(C)NS(=O)(=O)c1cccc(C#N)c1. The zero-order valence-corrected chi connectivity index (χ0v) is 11.2. The number of nitrogens with zero attached hydrogens (tertiary/aromatic N) is 1. The Balaban J connectivity index is 2.83. The molecule has 6 heteroatoms. The molecule has 0 saturated carbocycles. The first-order valence-electron chi connectivity index (χ1n) is 5.60. The molecule has 1 rings (SSSR count). The smallest absolute Gasteiger partial charge is 0.240 e. The van der Waals surface area contributed by atoms with E-state index in [1.54, 1.807) is 19.1 Å². The molecule has 18 heavy (non-hydrogen) atoms. The third-order valence-electron chi connectivity index (χ3n) is 2.20. The second-order valence-electron chi connectivity index (χ2n) is 3.82. The first-order chi connectivity index (χ1) is 8.49. The van der Waals surface area contributed by atoms with Crippen molar-refractivity contribution in [1.82, 2.24) is 4.72 Å². The summed E-state index contributed by atoms with van der Waals surface area (Å²) in [5.41, 5.74) is 0.315. The third-order valence-corrected chi connectivity index (χ3v) is 3.79. The Kier molecular flexibility index (Phi) is 5.28. The molecular formula is C12H16N2O3S. The molecule has 1 aromatic rings. The van der Waals surface area contributed by atoms with Gasteiger partial charge in [-0.15, -0.1) is 0 Å². The van der Waals surface area contributed by atoms with Crippen LogP contribution >= 0.6 is 0 Å². The fourth-order valence-corrected chi connectivity index (χ4v) is 2.67. The zero-order valence-electron chi connectivity index (χ0n) is 10.4. The molecule has 98 valence electrons. The van der Waals surface area contributed by atoms with Gasteiger partial charge in [0.25, 0.3) is 0 Å². The van der Waals surface area contributed by atoms with Crippen LogP contribution in [0, 0.1) is 11.3 Å². The average Bonchev–Trinajstić information content (AvgIpc) is 2.36. The second-order valence-corrected chi connectivity index (χ2v) is 5.54.